The fraction of sp³-hybridized carbons (Fsp3) is 0.538. The summed E-state index contributed by atoms with van der Waals surface area (Å²) in [5.41, 5.74) is 6.22. The summed E-state index contributed by atoms with van der Waals surface area (Å²) in [7, 11) is 0. The van der Waals surface area contributed by atoms with Crippen molar-refractivity contribution in [3.63, 3.8) is 0 Å². The van der Waals surface area contributed by atoms with E-state index in [0.29, 0.717) is 37.5 Å². The summed E-state index contributed by atoms with van der Waals surface area (Å²) in [4.78, 5) is 16.2. The van der Waals surface area contributed by atoms with Crippen LogP contribution < -0.4 is 5.73 Å². The Bertz CT molecular complexity index is 503. The van der Waals surface area contributed by atoms with E-state index in [1.807, 2.05) is 6.92 Å². The van der Waals surface area contributed by atoms with Gasteiger partial charge in [-0.25, -0.2) is 0 Å². The van der Waals surface area contributed by atoms with Crippen molar-refractivity contribution in [3.05, 3.63) is 23.7 Å². The average molecular weight is 280 g/mol. The number of nitrogens with zero attached hydrogens (tertiary/aromatic N) is 3. The van der Waals surface area contributed by atoms with Gasteiger partial charge in [-0.15, -0.1) is 0 Å². The van der Waals surface area contributed by atoms with Crippen LogP contribution in [0.1, 0.15) is 23.0 Å². The van der Waals surface area contributed by atoms with Gasteiger partial charge in [0.15, 0.2) is 5.84 Å². The van der Waals surface area contributed by atoms with Gasteiger partial charge in [-0.2, -0.15) is 0 Å². The molecular formula is C13H20N4O3. The van der Waals surface area contributed by atoms with E-state index in [2.05, 4.69) is 10.1 Å². The van der Waals surface area contributed by atoms with Crippen LogP contribution >= 0.6 is 0 Å². The maximum atomic E-state index is 12.3. The molecule has 1 aliphatic heterocycles. The van der Waals surface area contributed by atoms with Crippen molar-refractivity contribution in [3.8, 4) is 0 Å². The Hall–Kier alpha value is -2.02. The van der Waals surface area contributed by atoms with E-state index < -0.39 is 0 Å². The first-order chi connectivity index (χ1) is 9.54. The molecule has 0 spiro atoms. The van der Waals surface area contributed by atoms with Gasteiger partial charge in [-0.1, -0.05) is 5.16 Å². The fourth-order valence-corrected chi connectivity index (χ4v) is 2.36. The Morgan fingerprint density at radius 1 is 1.45 bits per heavy atom. The second-order valence-corrected chi connectivity index (χ2v) is 4.92. The molecule has 1 aromatic heterocycles. The minimum Gasteiger partial charge on any atom is -0.469 e. The molecule has 3 N–H and O–H groups in total. The number of oxime groups is 1. The maximum Gasteiger partial charge on any atom is 0.257 e. The highest BCUT2D eigenvalue weighted by Gasteiger charge is 2.27. The zero-order valence-electron chi connectivity index (χ0n) is 11.7. The topological polar surface area (TPSA) is 95.3 Å². The molecule has 1 aliphatic rings. The number of aryl methyl sites for hydroxylation is 1. The third-order valence-corrected chi connectivity index (χ3v) is 3.78. The van der Waals surface area contributed by atoms with Crippen molar-refractivity contribution < 1.29 is 14.4 Å². The summed E-state index contributed by atoms with van der Waals surface area (Å²) in [5.74, 6) is 0.824. The second-order valence-electron chi connectivity index (χ2n) is 4.92. The minimum absolute atomic E-state index is 0.00708. The van der Waals surface area contributed by atoms with Crippen molar-refractivity contribution >= 4 is 11.7 Å². The number of nitrogens with two attached hydrogens (primary N) is 1. The number of amidine groups is 1. The molecule has 0 bridgehead atoms. The minimum atomic E-state index is -0.132. The summed E-state index contributed by atoms with van der Waals surface area (Å²) in [6, 6.07) is 1.57. The maximum absolute atomic E-state index is 12.3. The number of carbonyl (C=O) groups excluding carboxylic acids is 1. The number of hydrogen-bond acceptors (Lipinski definition) is 5. The van der Waals surface area contributed by atoms with Crippen LogP contribution in [0.15, 0.2) is 21.9 Å². The SMILES string of the molecule is Cc1occc1C(=O)N1CCN(C(C)C(N)=NO)CC1. The summed E-state index contributed by atoms with van der Waals surface area (Å²) < 4.78 is 5.16. The average Bonchev–Trinajstić information content (AvgIpc) is 2.91. The van der Waals surface area contributed by atoms with Gasteiger partial charge in [0.1, 0.15) is 5.76 Å². The highest BCUT2D eigenvalue weighted by molar-refractivity contribution is 5.95. The van der Waals surface area contributed by atoms with E-state index in [1.54, 1.807) is 17.9 Å². The Labute approximate surface area is 117 Å². The van der Waals surface area contributed by atoms with Crippen molar-refractivity contribution in [1.29, 1.82) is 0 Å². The highest BCUT2D eigenvalue weighted by Crippen LogP contribution is 2.14. The van der Waals surface area contributed by atoms with Crippen molar-refractivity contribution in [2.75, 3.05) is 26.2 Å². The molecule has 1 amide bonds. The number of hydrogen-bond donors (Lipinski definition) is 2. The molecule has 0 aromatic carbocycles. The molecule has 2 heterocycles. The molecule has 2 rings (SSSR count). The van der Waals surface area contributed by atoms with Crippen LogP contribution in [-0.2, 0) is 0 Å². The van der Waals surface area contributed by atoms with Gasteiger partial charge in [0.2, 0.25) is 0 Å². The van der Waals surface area contributed by atoms with Gasteiger partial charge < -0.3 is 20.3 Å². The van der Waals surface area contributed by atoms with Gasteiger partial charge in [-0.05, 0) is 19.9 Å². The van der Waals surface area contributed by atoms with Crippen LogP contribution in [-0.4, -0.2) is 59.0 Å². The predicted octanol–water partition coefficient (Wildman–Crippen LogP) is 0.481. The smallest absolute Gasteiger partial charge is 0.257 e. The molecule has 0 aliphatic carbocycles. The molecule has 7 nitrogen and oxygen atoms in total. The van der Waals surface area contributed by atoms with E-state index in [4.69, 9.17) is 15.4 Å². The number of piperazine rings is 1. The Morgan fingerprint density at radius 3 is 2.60 bits per heavy atom. The zero-order valence-corrected chi connectivity index (χ0v) is 11.7. The van der Waals surface area contributed by atoms with Crippen LogP contribution in [0.2, 0.25) is 0 Å². The van der Waals surface area contributed by atoms with Crippen LogP contribution in [0, 0.1) is 6.92 Å². The van der Waals surface area contributed by atoms with E-state index in [-0.39, 0.29) is 17.8 Å². The molecule has 20 heavy (non-hydrogen) atoms. The lowest BCUT2D eigenvalue weighted by Crippen LogP contribution is -2.54. The predicted molar refractivity (Wildman–Crippen MR) is 73.8 cm³/mol. The lowest BCUT2D eigenvalue weighted by atomic mass is 10.2. The number of rotatable bonds is 3. The molecule has 0 radical (unpaired) electrons. The van der Waals surface area contributed by atoms with Crippen LogP contribution in [0.3, 0.4) is 0 Å². The first-order valence-electron chi connectivity index (χ1n) is 6.59. The Kier molecular flexibility index (Phi) is 4.29. The van der Waals surface area contributed by atoms with Gasteiger partial charge in [0, 0.05) is 26.2 Å². The first kappa shape index (κ1) is 14.4. The Morgan fingerprint density at radius 2 is 2.10 bits per heavy atom. The molecule has 7 heteroatoms. The van der Waals surface area contributed by atoms with Crippen LogP contribution in [0.25, 0.3) is 0 Å². The lowest BCUT2D eigenvalue weighted by Gasteiger charge is -2.37. The Balaban J connectivity index is 1.95. The van der Waals surface area contributed by atoms with Crippen LogP contribution in [0.5, 0.6) is 0 Å². The lowest BCUT2D eigenvalue weighted by molar-refractivity contribution is 0.0617. The number of furan rings is 1. The largest absolute Gasteiger partial charge is 0.469 e. The normalized spacial score (nSPS) is 19.1. The molecule has 1 saturated heterocycles. The number of amides is 1. The molecular weight excluding hydrogens is 260 g/mol. The highest BCUT2D eigenvalue weighted by atomic mass is 16.4. The monoisotopic (exact) mass is 280 g/mol. The van der Waals surface area contributed by atoms with Gasteiger partial charge in [-0.3, -0.25) is 9.69 Å². The van der Waals surface area contributed by atoms with Gasteiger partial charge >= 0.3 is 0 Å². The molecule has 110 valence electrons. The van der Waals surface area contributed by atoms with Crippen molar-refractivity contribution in [1.82, 2.24) is 9.80 Å². The molecule has 0 saturated carbocycles. The van der Waals surface area contributed by atoms with E-state index in [9.17, 15) is 4.79 Å². The second kappa shape index (κ2) is 5.96. The summed E-state index contributed by atoms with van der Waals surface area (Å²) in [6.07, 6.45) is 1.53. The third kappa shape index (κ3) is 2.77. The summed E-state index contributed by atoms with van der Waals surface area (Å²) in [5, 5.41) is 11.7. The quantitative estimate of drug-likeness (QED) is 0.363. The molecule has 1 atom stereocenters. The molecule has 1 fully saturated rings. The summed E-state index contributed by atoms with van der Waals surface area (Å²) in [6.45, 7) is 6.29. The van der Waals surface area contributed by atoms with Gasteiger partial charge in [0.05, 0.1) is 17.9 Å². The molecule has 1 aromatic rings. The zero-order chi connectivity index (χ0) is 14.7. The summed E-state index contributed by atoms with van der Waals surface area (Å²) >= 11 is 0. The first-order valence-corrected chi connectivity index (χ1v) is 6.59. The van der Waals surface area contributed by atoms with Crippen molar-refractivity contribution in [2.24, 2.45) is 10.9 Å². The van der Waals surface area contributed by atoms with Crippen molar-refractivity contribution in [2.45, 2.75) is 19.9 Å². The number of carbonyl (C=O) groups is 1. The molecule has 1 unspecified atom stereocenters. The van der Waals surface area contributed by atoms with E-state index in [0.717, 1.165) is 0 Å². The third-order valence-electron chi connectivity index (χ3n) is 3.78. The van der Waals surface area contributed by atoms with E-state index >= 15 is 0 Å². The van der Waals surface area contributed by atoms with Crippen LogP contribution in [0.4, 0.5) is 0 Å². The standard InChI is InChI=1S/C13H20N4O3/c1-9(12(14)15-19)16-4-6-17(7-5-16)13(18)11-3-8-20-10(11)2/h3,8-9,19H,4-7H2,1-2H3,(H2,14,15). The van der Waals surface area contributed by atoms with E-state index in [1.165, 1.54) is 6.26 Å². The fourth-order valence-electron chi connectivity index (χ4n) is 2.36. The van der Waals surface area contributed by atoms with Gasteiger partial charge in [0.25, 0.3) is 5.91 Å².